The summed E-state index contributed by atoms with van der Waals surface area (Å²) in [6, 6.07) is 7.69. The molecule has 1 aliphatic rings. The van der Waals surface area contributed by atoms with Crippen molar-refractivity contribution in [3.63, 3.8) is 0 Å². The van der Waals surface area contributed by atoms with Gasteiger partial charge in [-0.2, -0.15) is 0 Å². The van der Waals surface area contributed by atoms with Gasteiger partial charge in [-0.3, -0.25) is 0 Å². The predicted octanol–water partition coefficient (Wildman–Crippen LogP) is 3.73. The Morgan fingerprint density at radius 3 is 2.29 bits per heavy atom. The lowest BCUT2D eigenvalue weighted by atomic mass is 9.90. The molecule has 7 heteroatoms. The van der Waals surface area contributed by atoms with Crippen molar-refractivity contribution in [2.75, 3.05) is 33.5 Å². The van der Waals surface area contributed by atoms with Crippen LogP contribution in [0.25, 0.3) is 10.8 Å². The van der Waals surface area contributed by atoms with E-state index in [1.807, 2.05) is 24.3 Å². The molecule has 0 aromatic heterocycles. The summed E-state index contributed by atoms with van der Waals surface area (Å²) in [5.74, 6) is 0.822. The van der Waals surface area contributed by atoms with E-state index < -0.39 is 12.1 Å². The van der Waals surface area contributed by atoms with Crippen LogP contribution < -0.4 is 14.8 Å². The SMILES string of the molecule is C=C(C)C(=O)OCCNC(=O)Oc1c2c(c(OCCOC)c3ccccc13)CC=CC2. The molecule has 0 radical (unpaired) electrons. The zero-order valence-electron chi connectivity index (χ0n) is 17.9. The molecule has 0 saturated heterocycles. The molecule has 0 fully saturated rings. The van der Waals surface area contributed by atoms with Crippen molar-refractivity contribution in [2.24, 2.45) is 0 Å². The van der Waals surface area contributed by atoms with Gasteiger partial charge in [-0.15, -0.1) is 0 Å². The van der Waals surface area contributed by atoms with Gasteiger partial charge in [0.2, 0.25) is 0 Å². The van der Waals surface area contributed by atoms with Gasteiger partial charge in [0.05, 0.1) is 13.2 Å². The molecule has 0 atom stereocenters. The maximum atomic E-state index is 12.5. The molecule has 0 heterocycles. The number of benzene rings is 2. The minimum atomic E-state index is -0.610. The van der Waals surface area contributed by atoms with Gasteiger partial charge in [-0.1, -0.05) is 43.0 Å². The van der Waals surface area contributed by atoms with E-state index in [1.54, 1.807) is 14.0 Å². The number of rotatable bonds is 9. The smallest absolute Gasteiger partial charge is 0.412 e. The zero-order valence-corrected chi connectivity index (χ0v) is 17.9. The predicted molar refractivity (Wildman–Crippen MR) is 118 cm³/mol. The van der Waals surface area contributed by atoms with Crippen LogP contribution in [0.3, 0.4) is 0 Å². The molecule has 31 heavy (non-hydrogen) atoms. The number of allylic oxidation sites excluding steroid dienone is 2. The largest absolute Gasteiger partial charge is 0.490 e. The third-order valence-corrected chi connectivity index (χ3v) is 4.82. The Morgan fingerprint density at radius 2 is 1.65 bits per heavy atom. The fourth-order valence-electron chi connectivity index (χ4n) is 3.37. The average molecular weight is 425 g/mol. The fraction of sp³-hybridized carbons (Fsp3) is 0.333. The highest BCUT2D eigenvalue weighted by Gasteiger charge is 2.23. The Kier molecular flexibility index (Phi) is 7.67. The third kappa shape index (κ3) is 5.44. The molecule has 164 valence electrons. The summed E-state index contributed by atoms with van der Waals surface area (Å²) in [4.78, 5) is 23.9. The van der Waals surface area contributed by atoms with E-state index in [-0.39, 0.29) is 13.2 Å². The number of esters is 1. The number of amides is 1. The molecule has 0 unspecified atom stereocenters. The van der Waals surface area contributed by atoms with Crippen molar-refractivity contribution in [3.8, 4) is 11.5 Å². The Labute approximate surface area is 181 Å². The maximum Gasteiger partial charge on any atom is 0.412 e. The van der Waals surface area contributed by atoms with Crippen LogP contribution in [0.5, 0.6) is 11.5 Å². The Hall–Kier alpha value is -3.32. The van der Waals surface area contributed by atoms with Crippen LogP contribution in [0.15, 0.2) is 48.6 Å². The van der Waals surface area contributed by atoms with Gasteiger partial charge in [0, 0.05) is 34.6 Å². The highest BCUT2D eigenvalue weighted by atomic mass is 16.6. The summed E-state index contributed by atoms with van der Waals surface area (Å²) >= 11 is 0. The van der Waals surface area contributed by atoms with Crippen molar-refractivity contribution in [2.45, 2.75) is 19.8 Å². The minimum absolute atomic E-state index is 0.0364. The Bertz CT molecular complexity index is 1010. The molecule has 0 spiro atoms. The molecule has 0 bridgehead atoms. The first-order valence-electron chi connectivity index (χ1n) is 10.1. The van der Waals surface area contributed by atoms with Crippen LogP contribution >= 0.6 is 0 Å². The molecular formula is C24H27NO6. The van der Waals surface area contributed by atoms with E-state index >= 15 is 0 Å². The number of ether oxygens (including phenoxy) is 4. The summed E-state index contributed by atoms with van der Waals surface area (Å²) in [5, 5.41) is 4.30. The molecule has 0 saturated carbocycles. The molecule has 3 rings (SSSR count). The van der Waals surface area contributed by atoms with E-state index in [0.29, 0.717) is 37.4 Å². The molecule has 2 aromatic carbocycles. The lowest BCUT2D eigenvalue weighted by Crippen LogP contribution is -2.31. The number of carbonyl (C=O) groups is 2. The maximum absolute atomic E-state index is 12.5. The second-order valence-corrected chi connectivity index (χ2v) is 7.11. The van der Waals surface area contributed by atoms with Gasteiger partial charge in [0.25, 0.3) is 0 Å². The number of carbonyl (C=O) groups excluding carboxylic acids is 2. The summed E-state index contributed by atoms with van der Waals surface area (Å²) < 4.78 is 21.9. The zero-order chi connectivity index (χ0) is 22.2. The number of hydrogen-bond donors (Lipinski definition) is 1. The minimum Gasteiger partial charge on any atom is -0.490 e. The van der Waals surface area contributed by atoms with E-state index in [2.05, 4.69) is 24.0 Å². The van der Waals surface area contributed by atoms with Gasteiger partial charge >= 0.3 is 12.1 Å². The van der Waals surface area contributed by atoms with Crippen molar-refractivity contribution in [1.29, 1.82) is 0 Å². The van der Waals surface area contributed by atoms with Crippen LogP contribution in [0.2, 0.25) is 0 Å². The van der Waals surface area contributed by atoms with Crippen LogP contribution in [-0.2, 0) is 27.1 Å². The molecule has 0 aliphatic heterocycles. The van der Waals surface area contributed by atoms with Crippen LogP contribution in [0.4, 0.5) is 4.79 Å². The third-order valence-electron chi connectivity index (χ3n) is 4.82. The van der Waals surface area contributed by atoms with Gasteiger partial charge in [0.15, 0.2) is 0 Å². The van der Waals surface area contributed by atoms with Gasteiger partial charge in [-0.25, -0.2) is 9.59 Å². The summed E-state index contributed by atoms with van der Waals surface area (Å²) in [6.07, 6.45) is 4.86. The second-order valence-electron chi connectivity index (χ2n) is 7.11. The first-order valence-corrected chi connectivity index (χ1v) is 10.1. The lowest BCUT2D eigenvalue weighted by Gasteiger charge is -2.23. The quantitative estimate of drug-likeness (QED) is 0.285. The number of nitrogens with one attached hydrogen (secondary N) is 1. The standard InChI is InChI=1S/C24H27NO6/c1-16(2)23(26)30-13-12-25-24(27)31-22-19-10-6-4-8-17(19)21(29-15-14-28-3)18-9-5-7-11-20(18)22/h4-8,10H,1,9,11-15H2,2-3H3,(H,25,27). The average Bonchev–Trinajstić information content (AvgIpc) is 2.78. The van der Waals surface area contributed by atoms with E-state index in [0.717, 1.165) is 27.6 Å². The lowest BCUT2D eigenvalue weighted by molar-refractivity contribution is -0.138. The van der Waals surface area contributed by atoms with Crippen LogP contribution in [0.1, 0.15) is 18.1 Å². The number of hydrogen-bond acceptors (Lipinski definition) is 6. The normalized spacial score (nSPS) is 12.2. The summed E-state index contributed by atoms with van der Waals surface area (Å²) in [7, 11) is 1.63. The van der Waals surface area contributed by atoms with Crippen molar-refractivity contribution in [3.05, 3.63) is 59.7 Å². The van der Waals surface area contributed by atoms with E-state index in [9.17, 15) is 9.59 Å². The fourth-order valence-corrected chi connectivity index (χ4v) is 3.37. The monoisotopic (exact) mass is 425 g/mol. The first-order chi connectivity index (χ1) is 15.0. The molecule has 1 aliphatic carbocycles. The number of fused-ring (bicyclic) bond motifs is 2. The van der Waals surface area contributed by atoms with Crippen molar-refractivity contribution >= 4 is 22.8 Å². The van der Waals surface area contributed by atoms with E-state index in [4.69, 9.17) is 18.9 Å². The second kappa shape index (κ2) is 10.6. The molecule has 7 nitrogen and oxygen atoms in total. The molecule has 2 aromatic rings. The van der Waals surface area contributed by atoms with Gasteiger partial charge in [0.1, 0.15) is 24.7 Å². The van der Waals surface area contributed by atoms with Gasteiger partial charge < -0.3 is 24.3 Å². The van der Waals surface area contributed by atoms with Crippen molar-refractivity contribution in [1.82, 2.24) is 5.32 Å². The molecular weight excluding hydrogens is 398 g/mol. The van der Waals surface area contributed by atoms with Crippen LogP contribution in [0, 0.1) is 0 Å². The topological polar surface area (TPSA) is 83.1 Å². The van der Waals surface area contributed by atoms with Crippen molar-refractivity contribution < 1.29 is 28.5 Å². The Balaban J connectivity index is 1.82. The van der Waals surface area contributed by atoms with E-state index in [1.165, 1.54) is 0 Å². The first kappa shape index (κ1) is 22.4. The van der Waals surface area contributed by atoms with Gasteiger partial charge in [-0.05, 0) is 19.8 Å². The molecule has 1 N–H and O–H groups in total. The highest BCUT2D eigenvalue weighted by Crippen LogP contribution is 2.43. The number of methoxy groups -OCH3 is 1. The van der Waals surface area contributed by atoms with Crippen LogP contribution in [-0.4, -0.2) is 45.5 Å². The summed E-state index contributed by atoms with van der Waals surface area (Å²) in [6.45, 7) is 6.16. The Morgan fingerprint density at radius 1 is 1.00 bits per heavy atom. The summed E-state index contributed by atoms with van der Waals surface area (Å²) in [5.41, 5.74) is 2.24. The molecule has 1 amide bonds. The highest BCUT2D eigenvalue weighted by molar-refractivity contribution is 5.97.